The van der Waals surface area contributed by atoms with Gasteiger partial charge in [0.25, 0.3) is 11.8 Å². The number of carbonyl (C=O) groups is 2. The van der Waals surface area contributed by atoms with Crippen molar-refractivity contribution >= 4 is 23.8 Å². The Morgan fingerprint density at radius 3 is 2.35 bits per heavy atom. The minimum absolute atomic E-state index is 0.00460. The summed E-state index contributed by atoms with van der Waals surface area (Å²) in [5, 5.41) is 9.07. The highest BCUT2D eigenvalue weighted by atomic mass is 16.5. The van der Waals surface area contributed by atoms with Crippen LogP contribution in [-0.2, 0) is 4.79 Å². The molecule has 0 radical (unpaired) electrons. The molecule has 3 heterocycles. The van der Waals surface area contributed by atoms with Gasteiger partial charge < -0.3 is 14.5 Å². The Morgan fingerprint density at radius 2 is 1.68 bits per heavy atom. The zero-order valence-electron chi connectivity index (χ0n) is 23.5. The molecule has 2 unspecified atom stereocenters. The number of anilines is 1. The first-order chi connectivity index (χ1) is 19.4. The summed E-state index contributed by atoms with van der Waals surface area (Å²) in [5.74, 6) is 1.20. The van der Waals surface area contributed by atoms with E-state index >= 15 is 0 Å². The van der Waals surface area contributed by atoms with Gasteiger partial charge in [-0.1, -0.05) is 18.2 Å². The van der Waals surface area contributed by atoms with Crippen LogP contribution in [0, 0.1) is 6.92 Å². The molecule has 2 aliphatic heterocycles. The quantitative estimate of drug-likeness (QED) is 0.329. The zero-order valence-corrected chi connectivity index (χ0v) is 23.5. The summed E-state index contributed by atoms with van der Waals surface area (Å²) in [4.78, 5) is 29.8. The first-order valence-electron chi connectivity index (χ1n) is 14.2. The predicted molar refractivity (Wildman–Crippen MR) is 156 cm³/mol. The minimum Gasteiger partial charge on any atom is -0.484 e. The van der Waals surface area contributed by atoms with E-state index in [9.17, 15) is 9.59 Å². The van der Waals surface area contributed by atoms with Gasteiger partial charge in [-0.3, -0.25) is 9.59 Å². The number of para-hydroxylation sites is 1. The van der Waals surface area contributed by atoms with Crippen molar-refractivity contribution in [3.63, 3.8) is 0 Å². The lowest BCUT2D eigenvalue weighted by Crippen LogP contribution is -2.49. The summed E-state index contributed by atoms with van der Waals surface area (Å²) < 4.78 is 7.70. The summed E-state index contributed by atoms with van der Waals surface area (Å²) >= 11 is 0. The van der Waals surface area contributed by atoms with Gasteiger partial charge in [-0.2, -0.15) is 10.2 Å². The molecular weight excluding hydrogens is 504 g/mol. The molecule has 2 fully saturated rings. The standard InChI is InChI=1S/C31H38N6O3/c1-22-10-9-11-23(2)36(22)29(38)21-40-27-16-14-25(15-17-27)30(39)33-32-20-28-24(3)34-37(26-12-5-4-6-13-26)31(28)35-18-7-8-19-35/h4-6,12-17,20,22-23H,7-11,18-19,21H2,1-3H3,(H,33,39). The van der Waals surface area contributed by atoms with Crippen molar-refractivity contribution in [2.45, 2.75) is 65.0 Å². The largest absolute Gasteiger partial charge is 0.484 e. The fourth-order valence-corrected chi connectivity index (χ4v) is 5.72. The van der Waals surface area contributed by atoms with Gasteiger partial charge in [-0.25, -0.2) is 10.1 Å². The molecule has 40 heavy (non-hydrogen) atoms. The third-order valence-electron chi connectivity index (χ3n) is 7.81. The van der Waals surface area contributed by atoms with E-state index in [4.69, 9.17) is 9.84 Å². The van der Waals surface area contributed by atoms with E-state index in [1.807, 2.05) is 46.8 Å². The number of carbonyl (C=O) groups excluding carboxylic acids is 2. The van der Waals surface area contributed by atoms with E-state index in [1.54, 1.807) is 30.5 Å². The van der Waals surface area contributed by atoms with E-state index in [0.717, 1.165) is 68.0 Å². The van der Waals surface area contributed by atoms with E-state index < -0.39 is 0 Å². The number of hydrogen-bond donors (Lipinski definition) is 1. The van der Waals surface area contributed by atoms with E-state index in [0.29, 0.717) is 11.3 Å². The number of hydrazone groups is 1. The normalized spacial score (nSPS) is 19.3. The number of nitrogens with one attached hydrogen (secondary N) is 1. The number of rotatable bonds is 8. The Labute approximate surface area is 235 Å². The van der Waals surface area contributed by atoms with Gasteiger partial charge in [-0.05, 0) is 89.3 Å². The van der Waals surface area contributed by atoms with Crippen molar-refractivity contribution in [2.24, 2.45) is 5.10 Å². The Morgan fingerprint density at radius 1 is 1.00 bits per heavy atom. The maximum atomic E-state index is 12.8. The number of ether oxygens (including phenoxy) is 1. The molecule has 5 rings (SSSR count). The lowest BCUT2D eigenvalue weighted by Gasteiger charge is -2.38. The van der Waals surface area contributed by atoms with Crippen molar-refractivity contribution < 1.29 is 14.3 Å². The van der Waals surface area contributed by atoms with Crippen molar-refractivity contribution in [3.05, 3.63) is 71.4 Å². The molecule has 1 N–H and O–H groups in total. The van der Waals surface area contributed by atoms with Gasteiger partial charge >= 0.3 is 0 Å². The van der Waals surface area contributed by atoms with Gasteiger partial charge in [-0.15, -0.1) is 0 Å². The highest BCUT2D eigenvalue weighted by Crippen LogP contribution is 2.29. The number of amides is 2. The molecule has 3 aromatic rings. The number of benzene rings is 2. The van der Waals surface area contributed by atoms with E-state index in [2.05, 4.69) is 29.3 Å². The van der Waals surface area contributed by atoms with Gasteiger partial charge in [0.1, 0.15) is 11.6 Å². The molecule has 9 heteroatoms. The Kier molecular flexibility index (Phi) is 8.48. The predicted octanol–water partition coefficient (Wildman–Crippen LogP) is 4.71. The van der Waals surface area contributed by atoms with Crippen molar-refractivity contribution in [3.8, 4) is 11.4 Å². The number of piperidine rings is 1. The highest BCUT2D eigenvalue weighted by molar-refractivity contribution is 5.96. The van der Waals surface area contributed by atoms with Crippen LogP contribution in [0.25, 0.3) is 5.69 Å². The number of aromatic nitrogens is 2. The number of nitrogens with zero attached hydrogens (tertiary/aromatic N) is 5. The molecule has 0 aliphatic carbocycles. The molecule has 2 atom stereocenters. The van der Waals surface area contributed by atoms with E-state index in [1.165, 1.54) is 0 Å². The Bertz CT molecular complexity index is 1340. The molecule has 0 bridgehead atoms. The van der Waals surface area contributed by atoms with Crippen molar-refractivity contribution in [1.29, 1.82) is 0 Å². The number of hydrogen-bond acceptors (Lipinski definition) is 6. The number of likely N-dealkylation sites (tertiary alicyclic amines) is 1. The molecule has 0 saturated carbocycles. The molecule has 2 saturated heterocycles. The first kappa shape index (κ1) is 27.4. The maximum absolute atomic E-state index is 12.8. The Balaban J connectivity index is 1.22. The van der Waals surface area contributed by atoms with Crippen LogP contribution in [0.5, 0.6) is 5.75 Å². The van der Waals surface area contributed by atoms with Crippen molar-refractivity contribution in [1.82, 2.24) is 20.1 Å². The van der Waals surface area contributed by atoms with Gasteiger partial charge in [0.05, 0.1) is 23.2 Å². The second-order valence-electron chi connectivity index (χ2n) is 10.7. The topological polar surface area (TPSA) is 92.1 Å². The Hall–Kier alpha value is -4.14. The monoisotopic (exact) mass is 542 g/mol. The SMILES string of the molecule is Cc1nn(-c2ccccc2)c(N2CCCC2)c1C=NNC(=O)c1ccc(OCC(=O)N2C(C)CCCC2C)cc1. The smallest absolute Gasteiger partial charge is 0.271 e. The molecular formula is C31H38N6O3. The first-order valence-corrected chi connectivity index (χ1v) is 14.2. The summed E-state index contributed by atoms with van der Waals surface area (Å²) in [6.45, 7) is 8.04. The fourth-order valence-electron chi connectivity index (χ4n) is 5.72. The molecule has 0 spiro atoms. The second kappa shape index (κ2) is 12.4. The molecule has 210 valence electrons. The average Bonchev–Trinajstić information content (AvgIpc) is 3.60. The molecule has 2 aliphatic rings. The fraction of sp³-hybridized carbons (Fsp3) is 0.419. The summed E-state index contributed by atoms with van der Waals surface area (Å²) in [5.41, 5.74) is 5.80. The van der Waals surface area contributed by atoms with Gasteiger partial charge in [0.2, 0.25) is 0 Å². The van der Waals surface area contributed by atoms with Crippen LogP contribution in [0.3, 0.4) is 0 Å². The van der Waals surface area contributed by atoms with Crippen LogP contribution in [0.2, 0.25) is 0 Å². The van der Waals surface area contributed by atoms with Crippen LogP contribution in [0.4, 0.5) is 5.82 Å². The minimum atomic E-state index is -0.328. The van der Waals surface area contributed by atoms with Crippen LogP contribution in [0.1, 0.15) is 67.6 Å². The van der Waals surface area contributed by atoms with Gasteiger partial charge in [0, 0.05) is 30.7 Å². The van der Waals surface area contributed by atoms with Crippen LogP contribution in [0.15, 0.2) is 59.7 Å². The third-order valence-corrected chi connectivity index (χ3v) is 7.81. The summed E-state index contributed by atoms with van der Waals surface area (Å²) in [6, 6.07) is 17.3. The average molecular weight is 543 g/mol. The lowest BCUT2D eigenvalue weighted by molar-refractivity contribution is -0.139. The van der Waals surface area contributed by atoms with Crippen LogP contribution < -0.4 is 15.1 Å². The summed E-state index contributed by atoms with van der Waals surface area (Å²) in [7, 11) is 0. The van der Waals surface area contributed by atoms with E-state index in [-0.39, 0.29) is 30.5 Å². The molecule has 9 nitrogen and oxygen atoms in total. The highest BCUT2D eigenvalue weighted by Gasteiger charge is 2.29. The summed E-state index contributed by atoms with van der Waals surface area (Å²) in [6.07, 6.45) is 7.15. The molecule has 1 aromatic heterocycles. The molecule has 2 aromatic carbocycles. The second-order valence-corrected chi connectivity index (χ2v) is 10.7. The lowest BCUT2D eigenvalue weighted by atomic mass is 9.97. The third kappa shape index (κ3) is 6.03. The van der Waals surface area contributed by atoms with Crippen molar-refractivity contribution in [2.75, 3.05) is 24.6 Å². The number of aryl methyl sites for hydroxylation is 1. The van der Waals surface area contributed by atoms with Gasteiger partial charge in [0.15, 0.2) is 6.61 Å². The van der Waals surface area contributed by atoms with Crippen LogP contribution in [-0.4, -0.2) is 64.5 Å². The maximum Gasteiger partial charge on any atom is 0.271 e. The zero-order chi connectivity index (χ0) is 28.1. The molecule has 2 amide bonds. The van der Waals surface area contributed by atoms with Crippen LogP contribution >= 0.6 is 0 Å².